The first-order valence-corrected chi connectivity index (χ1v) is 14.3. The molecule has 0 aliphatic carbocycles. The van der Waals surface area contributed by atoms with E-state index in [0.717, 1.165) is 59.6 Å². The summed E-state index contributed by atoms with van der Waals surface area (Å²) in [6, 6.07) is 14.5. The summed E-state index contributed by atoms with van der Waals surface area (Å²) in [7, 11) is 0. The number of ether oxygens (including phenoxy) is 1. The normalized spacial score (nSPS) is 15.2. The predicted molar refractivity (Wildman–Crippen MR) is 150 cm³/mol. The summed E-state index contributed by atoms with van der Waals surface area (Å²) in [5.41, 5.74) is 2.55. The van der Waals surface area contributed by atoms with Crippen LogP contribution in [0.4, 0.5) is 10.2 Å². The molecule has 0 amide bonds. The minimum atomic E-state index is -0.271. The van der Waals surface area contributed by atoms with Crippen LogP contribution >= 0.6 is 39.3 Å². The average Bonchev–Trinajstić information content (AvgIpc) is 3.31. The number of alkyl halides is 1. The zero-order chi connectivity index (χ0) is 25.6. The van der Waals surface area contributed by atoms with Crippen molar-refractivity contribution in [2.45, 2.75) is 23.6 Å². The summed E-state index contributed by atoms with van der Waals surface area (Å²) in [6.45, 7) is 5.28. The average molecular weight is 606 g/mol. The van der Waals surface area contributed by atoms with Gasteiger partial charge < -0.3 is 10.1 Å². The molecule has 1 aliphatic rings. The van der Waals surface area contributed by atoms with Gasteiger partial charge in [0, 0.05) is 36.4 Å². The van der Waals surface area contributed by atoms with E-state index in [2.05, 4.69) is 31.2 Å². The molecule has 11 heteroatoms. The number of fused-ring (bicyclic) bond motifs is 1. The van der Waals surface area contributed by atoms with E-state index in [0.29, 0.717) is 29.7 Å². The third-order valence-corrected chi connectivity index (χ3v) is 7.88. The lowest BCUT2D eigenvalue weighted by Gasteiger charge is -2.26. The Labute approximate surface area is 232 Å². The van der Waals surface area contributed by atoms with E-state index >= 15 is 0 Å². The number of morpholine rings is 1. The van der Waals surface area contributed by atoms with Gasteiger partial charge in [0.15, 0.2) is 10.8 Å². The van der Waals surface area contributed by atoms with Crippen LogP contribution in [0.25, 0.3) is 11.0 Å². The molecule has 0 bridgehead atoms. The molecule has 1 fully saturated rings. The molecule has 0 saturated carbocycles. The summed E-state index contributed by atoms with van der Waals surface area (Å²) in [5.74, 6) is 1.27. The smallest absolute Gasteiger partial charge is 0.191 e. The summed E-state index contributed by atoms with van der Waals surface area (Å²) in [6.07, 6.45) is 1.76. The minimum Gasteiger partial charge on any atom is -0.379 e. The topological polar surface area (TPSA) is 68.1 Å². The molecule has 1 saturated heterocycles. The molecule has 4 aromatic rings. The van der Waals surface area contributed by atoms with Crippen LogP contribution in [-0.2, 0) is 17.8 Å². The molecule has 2 aromatic carbocycles. The van der Waals surface area contributed by atoms with Gasteiger partial charge in [-0.05, 0) is 35.4 Å². The second kappa shape index (κ2) is 12.5. The number of rotatable bonds is 10. The van der Waals surface area contributed by atoms with Crippen LogP contribution < -0.4 is 5.32 Å². The van der Waals surface area contributed by atoms with E-state index in [1.807, 2.05) is 35.0 Å². The molecule has 1 N–H and O–H groups in total. The number of halogens is 3. The lowest BCUT2D eigenvalue weighted by molar-refractivity contribution is 0.0410. The molecular formula is C26H27BrClFN6OS. The Morgan fingerprint density at radius 3 is 2.73 bits per heavy atom. The SMILES string of the molecule is Fc1cccc(CNc2nc(SCCN3CCOCC3)nc3c2cnn3CC(Cl)c2ccc(Br)cc2)c1. The van der Waals surface area contributed by atoms with Gasteiger partial charge in [-0.1, -0.05) is 52.0 Å². The van der Waals surface area contributed by atoms with Crippen LogP contribution in [0.5, 0.6) is 0 Å². The molecule has 7 nitrogen and oxygen atoms in total. The minimum absolute atomic E-state index is 0.264. The van der Waals surface area contributed by atoms with E-state index in [-0.39, 0.29) is 11.2 Å². The Morgan fingerprint density at radius 2 is 1.95 bits per heavy atom. The fraction of sp³-hybridized carbons (Fsp3) is 0.346. The molecule has 0 radical (unpaired) electrons. The predicted octanol–water partition coefficient (Wildman–Crippen LogP) is 5.74. The van der Waals surface area contributed by atoms with Crippen molar-refractivity contribution < 1.29 is 9.13 Å². The van der Waals surface area contributed by atoms with Gasteiger partial charge in [0.05, 0.1) is 36.7 Å². The highest BCUT2D eigenvalue weighted by atomic mass is 79.9. The number of hydrogen-bond donors (Lipinski definition) is 1. The first-order chi connectivity index (χ1) is 18.0. The van der Waals surface area contributed by atoms with Gasteiger partial charge in [-0.25, -0.2) is 19.0 Å². The van der Waals surface area contributed by atoms with Crippen molar-refractivity contribution in [3.63, 3.8) is 0 Å². The maximum atomic E-state index is 13.7. The van der Waals surface area contributed by atoms with Gasteiger partial charge in [0.25, 0.3) is 0 Å². The highest BCUT2D eigenvalue weighted by Gasteiger charge is 2.17. The lowest BCUT2D eigenvalue weighted by atomic mass is 10.1. The van der Waals surface area contributed by atoms with Gasteiger partial charge >= 0.3 is 0 Å². The molecular weight excluding hydrogens is 579 g/mol. The molecule has 1 atom stereocenters. The van der Waals surface area contributed by atoms with Crippen molar-refractivity contribution in [2.75, 3.05) is 43.9 Å². The van der Waals surface area contributed by atoms with Crippen molar-refractivity contribution in [1.29, 1.82) is 0 Å². The van der Waals surface area contributed by atoms with E-state index in [1.165, 1.54) is 12.1 Å². The summed E-state index contributed by atoms with van der Waals surface area (Å²) >= 11 is 11.8. The first-order valence-electron chi connectivity index (χ1n) is 12.1. The molecule has 3 heterocycles. The standard InChI is InChI=1S/C26H27BrClFN6OS/c27-20-6-4-19(5-7-20)23(28)17-35-25-22(16-31-35)24(30-15-18-2-1-3-21(29)14-18)32-26(33-25)37-13-10-34-8-11-36-12-9-34/h1-7,14,16,23H,8-13,15,17H2,(H,30,32,33). The van der Waals surface area contributed by atoms with Crippen LogP contribution in [0.3, 0.4) is 0 Å². The number of benzene rings is 2. The Kier molecular flexibility index (Phi) is 8.93. The Morgan fingerprint density at radius 1 is 1.14 bits per heavy atom. The maximum Gasteiger partial charge on any atom is 0.191 e. The quantitative estimate of drug-likeness (QED) is 0.140. The highest BCUT2D eigenvalue weighted by molar-refractivity contribution is 9.10. The van der Waals surface area contributed by atoms with E-state index < -0.39 is 0 Å². The van der Waals surface area contributed by atoms with Crippen LogP contribution in [-0.4, -0.2) is 63.2 Å². The third-order valence-electron chi connectivity index (χ3n) is 6.13. The zero-order valence-electron chi connectivity index (χ0n) is 20.1. The fourth-order valence-electron chi connectivity index (χ4n) is 4.12. The molecule has 1 aliphatic heterocycles. The lowest BCUT2D eigenvalue weighted by Crippen LogP contribution is -2.37. The Balaban J connectivity index is 1.37. The summed E-state index contributed by atoms with van der Waals surface area (Å²) in [4.78, 5) is 12.0. The van der Waals surface area contributed by atoms with Crippen LogP contribution in [0.15, 0.2) is 64.4 Å². The van der Waals surface area contributed by atoms with Crippen molar-refractivity contribution in [3.8, 4) is 0 Å². The fourth-order valence-corrected chi connectivity index (χ4v) is 5.50. The van der Waals surface area contributed by atoms with Crippen LogP contribution in [0.2, 0.25) is 0 Å². The largest absolute Gasteiger partial charge is 0.379 e. The maximum absolute atomic E-state index is 13.7. The number of aromatic nitrogens is 4. The third kappa shape index (κ3) is 7.00. The number of nitrogens with zero attached hydrogens (tertiary/aromatic N) is 5. The van der Waals surface area contributed by atoms with Gasteiger partial charge in [-0.3, -0.25) is 4.90 Å². The van der Waals surface area contributed by atoms with Crippen LogP contribution in [0, 0.1) is 5.82 Å². The summed E-state index contributed by atoms with van der Waals surface area (Å²) < 4.78 is 22.0. The summed E-state index contributed by atoms with van der Waals surface area (Å²) in [5, 5.41) is 9.15. The van der Waals surface area contributed by atoms with Crippen LogP contribution in [0.1, 0.15) is 16.5 Å². The van der Waals surface area contributed by atoms with Crippen molar-refractivity contribution in [3.05, 3.63) is 76.1 Å². The Hall–Kier alpha value is -2.24. The van der Waals surface area contributed by atoms with Gasteiger partial charge in [-0.15, -0.1) is 11.6 Å². The zero-order valence-corrected chi connectivity index (χ0v) is 23.3. The van der Waals surface area contributed by atoms with E-state index in [1.54, 1.807) is 24.0 Å². The molecule has 1 unspecified atom stereocenters. The van der Waals surface area contributed by atoms with Gasteiger partial charge in [-0.2, -0.15) is 5.10 Å². The van der Waals surface area contributed by atoms with E-state index in [9.17, 15) is 4.39 Å². The monoisotopic (exact) mass is 604 g/mol. The molecule has 5 rings (SSSR count). The second-order valence-corrected chi connectivity index (χ2v) is 11.2. The second-order valence-electron chi connectivity index (χ2n) is 8.72. The number of hydrogen-bond acceptors (Lipinski definition) is 7. The molecule has 194 valence electrons. The number of nitrogens with one attached hydrogen (secondary N) is 1. The van der Waals surface area contributed by atoms with Gasteiger partial charge in [0.2, 0.25) is 0 Å². The molecule has 2 aromatic heterocycles. The highest BCUT2D eigenvalue weighted by Crippen LogP contribution is 2.29. The number of thioether (sulfide) groups is 1. The van der Waals surface area contributed by atoms with Crippen molar-refractivity contribution >= 4 is 56.1 Å². The number of anilines is 1. The molecule has 0 spiro atoms. The van der Waals surface area contributed by atoms with Crippen molar-refractivity contribution in [1.82, 2.24) is 24.6 Å². The van der Waals surface area contributed by atoms with Crippen molar-refractivity contribution in [2.24, 2.45) is 0 Å². The first kappa shape index (κ1) is 26.4. The Bertz CT molecular complexity index is 1330. The molecule has 37 heavy (non-hydrogen) atoms. The van der Waals surface area contributed by atoms with Gasteiger partial charge in [0.1, 0.15) is 11.6 Å². The van der Waals surface area contributed by atoms with E-state index in [4.69, 9.17) is 26.3 Å².